The van der Waals surface area contributed by atoms with Gasteiger partial charge in [-0.1, -0.05) is 19.1 Å². The topological polar surface area (TPSA) is 57.8 Å². The minimum Gasteiger partial charge on any atom is -0.348 e. The lowest BCUT2D eigenvalue weighted by molar-refractivity contribution is 0.0936. The predicted molar refractivity (Wildman–Crippen MR) is 83.7 cm³/mol. The fraction of sp³-hybridized carbons (Fsp3) is 0.467. The first-order valence-corrected chi connectivity index (χ1v) is 10.8. The summed E-state index contributed by atoms with van der Waals surface area (Å²) in [5, 5.41) is 2.99. The zero-order chi connectivity index (χ0) is 16.1. The largest absolute Gasteiger partial charge is 0.348 e. The van der Waals surface area contributed by atoms with Gasteiger partial charge in [0.1, 0.15) is 11.3 Å². The maximum Gasteiger partial charge on any atom is 0.267 e. The minimum absolute atomic E-state index is 0.00868. The molecule has 0 spiro atoms. The number of nitrogens with zero attached hydrogens (tertiary/aromatic N) is 1. The smallest absolute Gasteiger partial charge is 0.267 e. The number of aromatic nitrogens is 2. The normalized spacial score (nSPS) is 20.5. The van der Waals surface area contributed by atoms with Crippen LogP contribution in [0.2, 0.25) is 25.2 Å². The zero-order valence-corrected chi connectivity index (χ0v) is 13.9. The molecule has 0 saturated carbocycles. The minimum atomic E-state index is -1.17. The SMILES string of the molecule is Cc1nc2[nH]c(C(=O)N[C@H]3CC[Si](C)(C)C3)cc2c(F)c1F. The summed E-state index contributed by atoms with van der Waals surface area (Å²) in [7, 11) is -1.17. The van der Waals surface area contributed by atoms with Gasteiger partial charge in [0.15, 0.2) is 11.6 Å². The van der Waals surface area contributed by atoms with E-state index in [1.165, 1.54) is 19.0 Å². The monoisotopic (exact) mass is 323 g/mol. The molecule has 1 aliphatic heterocycles. The second-order valence-corrected chi connectivity index (χ2v) is 12.1. The molecule has 0 aliphatic carbocycles. The molecule has 0 unspecified atom stereocenters. The fourth-order valence-electron chi connectivity index (χ4n) is 3.14. The number of rotatable bonds is 2. The molecule has 2 aromatic rings. The average Bonchev–Trinajstić information content (AvgIpc) is 3.00. The number of pyridine rings is 1. The Morgan fingerprint density at radius 1 is 1.41 bits per heavy atom. The van der Waals surface area contributed by atoms with Gasteiger partial charge in [0.25, 0.3) is 5.91 Å². The molecular weight excluding hydrogens is 304 g/mol. The molecule has 3 heterocycles. The number of H-pyrrole nitrogens is 1. The molecule has 118 valence electrons. The third-order valence-electron chi connectivity index (χ3n) is 4.37. The van der Waals surface area contributed by atoms with Crippen LogP contribution in [0.4, 0.5) is 8.78 Å². The van der Waals surface area contributed by atoms with Crippen LogP contribution in [0.5, 0.6) is 0 Å². The molecule has 1 atom stereocenters. The molecule has 1 amide bonds. The Labute approximate surface area is 128 Å². The fourth-order valence-corrected chi connectivity index (χ4v) is 6.11. The van der Waals surface area contributed by atoms with Gasteiger partial charge in [0.2, 0.25) is 0 Å². The highest BCUT2D eigenvalue weighted by atomic mass is 28.3. The van der Waals surface area contributed by atoms with Crippen LogP contribution in [0.15, 0.2) is 6.07 Å². The number of carbonyl (C=O) groups is 1. The first-order chi connectivity index (χ1) is 10.3. The van der Waals surface area contributed by atoms with Crippen molar-refractivity contribution in [1.29, 1.82) is 0 Å². The molecule has 4 nitrogen and oxygen atoms in total. The number of carbonyl (C=O) groups excluding carboxylic acids is 1. The van der Waals surface area contributed by atoms with Crippen molar-refractivity contribution < 1.29 is 13.6 Å². The Balaban J connectivity index is 1.84. The summed E-state index contributed by atoms with van der Waals surface area (Å²) in [5.41, 5.74) is 0.391. The van der Waals surface area contributed by atoms with Crippen molar-refractivity contribution in [2.24, 2.45) is 0 Å². The van der Waals surface area contributed by atoms with Crippen LogP contribution in [-0.4, -0.2) is 30.0 Å². The average molecular weight is 323 g/mol. The number of aromatic amines is 1. The second kappa shape index (κ2) is 5.15. The predicted octanol–water partition coefficient (Wildman–Crippen LogP) is 3.36. The van der Waals surface area contributed by atoms with Gasteiger partial charge in [0, 0.05) is 14.1 Å². The van der Waals surface area contributed by atoms with Crippen molar-refractivity contribution in [1.82, 2.24) is 15.3 Å². The maximum atomic E-state index is 13.9. The Morgan fingerprint density at radius 3 is 2.77 bits per heavy atom. The quantitative estimate of drug-likeness (QED) is 0.833. The molecule has 7 heteroatoms. The molecule has 2 aromatic heterocycles. The molecule has 0 aromatic carbocycles. The number of halogens is 2. The molecular formula is C15H19F2N3OSi. The van der Waals surface area contributed by atoms with Gasteiger partial charge in [0.05, 0.1) is 11.1 Å². The van der Waals surface area contributed by atoms with E-state index in [9.17, 15) is 13.6 Å². The van der Waals surface area contributed by atoms with Gasteiger partial charge in [-0.15, -0.1) is 0 Å². The second-order valence-electron chi connectivity index (χ2n) is 6.85. The molecule has 1 fully saturated rings. The van der Waals surface area contributed by atoms with Crippen LogP contribution in [-0.2, 0) is 0 Å². The van der Waals surface area contributed by atoms with Crippen LogP contribution in [0.3, 0.4) is 0 Å². The molecule has 0 radical (unpaired) electrons. The first kappa shape index (κ1) is 15.1. The highest BCUT2D eigenvalue weighted by molar-refractivity contribution is 6.78. The lowest BCUT2D eigenvalue weighted by Gasteiger charge is -2.15. The summed E-state index contributed by atoms with van der Waals surface area (Å²) in [6.07, 6.45) is 0.992. The number of aryl methyl sites for hydroxylation is 1. The Bertz CT molecular complexity index is 757. The summed E-state index contributed by atoms with van der Waals surface area (Å²) in [6, 6.07) is 3.76. The number of fused-ring (bicyclic) bond motifs is 1. The van der Waals surface area contributed by atoms with Gasteiger partial charge < -0.3 is 10.3 Å². The summed E-state index contributed by atoms with van der Waals surface area (Å²) in [6.45, 7) is 6.02. The lowest BCUT2D eigenvalue weighted by Crippen LogP contribution is -2.34. The van der Waals surface area contributed by atoms with Crippen molar-refractivity contribution in [2.45, 2.75) is 44.6 Å². The van der Waals surface area contributed by atoms with Crippen molar-refractivity contribution in [3.05, 3.63) is 29.1 Å². The number of hydrogen-bond donors (Lipinski definition) is 2. The Kier molecular flexibility index (Phi) is 3.55. The van der Waals surface area contributed by atoms with E-state index in [1.54, 1.807) is 0 Å². The molecule has 2 N–H and O–H groups in total. The van der Waals surface area contributed by atoms with E-state index in [0.29, 0.717) is 0 Å². The summed E-state index contributed by atoms with van der Waals surface area (Å²) >= 11 is 0. The molecule has 1 saturated heterocycles. The molecule has 1 aliphatic rings. The van der Waals surface area contributed by atoms with E-state index in [-0.39, 0.29) is 34.4 Å². The number of amides is 1. The highest BCUT2D eigenvalue weighted by Gasteiger charge is 2.33. The number of nitrogens with one attached hydrogen (secondary N) is 2. The molecule has 0 bridgehead atoms. The Hall–Kier alpha value is -1.76. The van der Waals surface area contributed by atoms with Crippen molar-refractivity contribution in [3.63, 3.8) is 0 Å². The van der Waals surface area contributed by atoms with Gasteiger partial charge in [-0.05, 0) is 25.5 Å². The van der Waals surface area contributed by atoms with Crippen molar-refractivity contribution in [2.75, 3.05) is 0 Å². The van der Waals surface area contributed by atoms with E-state index in [4.69, 9.17) is 0 Å². The summed E-state index contributed by atoms with van der Waals surface area (Å²) in [5.74, 6) is -2.22. The lowest BCUT2D eigenvalue weighted by atomic mass is 10.2. The highest BCUT2D eigenvalue weighted by Crippen LogP contribution is 2.30. The summed E-state index contributed by atoms with van der Waals surface area (Å²) in [4.78, 5) is 19.0. The van der Waals surface area contributed by atoms with E-state index in [0.717, 1.165) is 12.5 Å². The van der Waals surface area contributed by atoms with E-state index in [2.05, 4.69) is 28.4 Å². The van der Waals surface area contributed by atoms with E-state index < -0.39 is 19.7 Å². The van der Waals surface area contributed by atoms with E-state index >= 15 is 0 Å². The molecule has 22 heavy (non-hydrogen) atoms. The maximum absolute atomic E-state index is 13.9. The Morgan fingerprint density at radius 2 is 2.14 bits per heavy atom. The first-order valence-electron chi connectivity index (χ1n) is 7.42. The van der Waals surface area contributed by atoms with Gasteiger partial charge in [-0.2, -0.15) is 0 Å². The van der Waals surface area contributed by atoms with Crippen LogP contribution < -0.4 is 5.32 Å². The van der Waals surface area contributed by atoms with Gasteiger partial charge in [-0.3, -0.25) is 4.79 Å². The van der Waals surface area contributed by atoms with Crippen molar-refractivity contribution >= 4 is 25.0 Å². The third-order valence-corrected chi connectivity index (χ3v) is 7.61. The van der Waals surface area contributed by atoms with Gasteiger partial charge >= 0.3 is 0 Å². The zero-order valence-electron chi connectivity index (χ0n) is 12.9. The standard InChI is InChI=1S/C15H19F2N3OSi/c1-8-12(16)13(17)10-6-11(20-14(10)18-8)15(21)19-9-4-5-22(2,3)7-9/h6,9H,4-5,7H2,1-3H3,(H,18,20)(H,19,21)/t9-/m0/s1. The van der Waals surface area contributed by atoms with Crippen LogP contribution in [0.25, 0.3) is 11.0 Å². The van der Waals surface area contributed by atoms with Crippen LogP contribution >= 0.6 is 0 Å². The van der Waals surface area contributed by atoms with E-state index in [1.807, 2.05) is 0 Å². The third kappa shape index (κ3) is 2.65. The van der Waals surface area contributed by atoms with Crippen molar-refractivity contribution in [3.8, 4) is 0 Å². The molecule has 3 rings (SSSR count). The van der Waals surface area contributed by atoms with Crippen LogP contribution in [0, 0.1) is 18.6 Å². The number of hydrogen-bond acceptors (Lipinski definition) is 2. The summed E-state index contributed by atoms with van der Waals surface area (Å²) < 4.78 is 27.4. The van der Waals surface area contributed by atoms with Crippen LogP contribution in [0.1, 0.15) is 22.6 Å². The van der Waals surface area contributed by atoms with Gasteiger partial charge in [-0.25, -0.2) is 13.8 Å².